The van der Waals surface area contributed by atoms with Crippen LogP contribution >= 0.6 is 0 Å². The molecule has 8 heteroatoms. The lowest BCUT2D eigenvalue weighted by Crippen LogP contribution is -2.50. The number of aliphatic hydroxyl groups excluding tert-OH is 1. The molecule has 0 radical (unpaired) electrons. The third-order valence-corrected chi connectivity index (χ3v) is 5.83. The molecule has 4 rings (SSSR count). The molecule has 1 atom stereocenters. The van der Waals surface area contributed by atoms with Crippen LogP contribution in [0.4, 0.5) is 11.6 Å². The van der Waals surface area contributed by atoms with Crippen molar-refractivity contribution in [2.24, 2.45) is 0 Å². The van der Waals surface area contributed by atoms with Gasteiger partial charge in [0.25, 0.3) is 0 Å². The van der Waals surface area contributed by atoms with Gasteiger partial charge in [0, 0.05) is 70.3 Å². The summed E-state index contributed by atoms with van der Waals surface area (Å²) in [6.45, 7) is 7.14. The third-order valence-electron chi connectivity index (χ3n) is 5.83. The Labute approximate surface area is 179 Å². The average molecular weight is 412 g/mol. The van der Waals surface area contributed by atoms with Gasteiger partial charge in [0.1, 0.15) is 0 Å². The number of rotatable bonds is 7. The van der Waals surface area contributed by atoms with Crippen molar-refractivity contribution in [2.75, 3.05) is 76.3 Å². The van der Waals surface area contributed by atoms with Gasteiger partial charge in [0.2, 0.25) is 0 Å². The van der Waals surface area contributed by atoms with Crippen LogP contribution in [0.5, 0.6) is 0 Å². The smallest absolute Gasteiger partial charge is 0.172 e. The SMILES string of the molecule is CN(C)CC(O)CN1CCN(c2nc(-c3ccncc3)cnc2N2CCCC2)CC1. The van der Waals surface area contributed by atoms with Crippen LogP contribution in [0.25, 0.3) is 11.3 Å². The van der Waals surface area contributed by atoms with Gasteiger partial charge in [-0.2, -0.15) is 0 Å². The molecule has 0 spiro atoms. The van der Waals surface area contributed by atoms with Crippen LogP contribution in [0.15, 0.2) is 30.7 Å². The van der Waals surface area contributed by atoms with Gasteiger partial charge in [-0.05, 0) is 39.1 Å². The Morgan fingerprint density at radius 3 is 2.30 bits per heavy atom. The van der Waals surface area contributed by atoms with E-state index in [1.54, 1.807) is 12.4 Å². The number of β-amino-alcohol motifs (C(OH)–C–C–N with tert-alkyl or cyclic N) is 1. The first kappa shape index (κ1) is 21.0. The molecule has 2 fully saturated rings. The molecule has 8 nitrogen and oxygen atoms in total. The Morgan fingerprint density at radius 2 is 1.63 bits per heavy atom. The van der Waals surface area contributed by atoms with E-state index in [-0.39, 0.29) is 6.10 Å². The van der Waals surface area contributed by atoms with Crippen LogP contribution in [0, 0.1) is 0 Å². The summed E-state index contributed by atoms with van der Waals surface area (Å²) in [6.07, 6.45) is 7.59. The number of hydrogen-bond acceptors (Lipinski definition) is 8. The van der Waals surface area contributed by atoms with E-state index in [1.165, 1.54) is 12.8 Å². The highest BCUT2D eigenvalue weighted by atomic mass is 16.3. The Morgan fingerprint density at radius 1 is 0.967 bits per heavy atom. The van der Waals surface area contributed by atoms with Crippen LogP contribution in [0.3, 0.4) is 0 Å². The van der Waals surface area contributed by atoms with Gasteiger partial charge >= 0.3 is 0 Å². The zero-order valence-corrected chi connectivity index (χ0v) is 18.1. The summed E-state index contributed by atoms with van der Waals surface area (Å²) < 4.78 is 0. The van der Waals surface area contributed by atoms with Gasteiger partial charge < -0.3 is 19.8 Å². The van der Waals surface area contributed by atoms with Crippen LogP contribution in [-0.4, -0.2) is 102 Å². The summed E-state index contributed by atoms with van der Waals surface area (Å²) in [7, 11) is 3.99. The number of aromatic nitrogens is 3. The van der Waals surface area contributed by atoms with E-state index in [1.807, 2.05) is 37.3 Å². The minimum absolute atomic E-state index is 0.318. The average Bonchev–Trinajstić information content (AvgIpc) is 3.29. The fourth-order valence-electron chi connectivity index (χ4n) is 4.32. The van der Waals surface area contributed by atoms with E-state index in [2.05, 4.69) is 19.7 Å². The van der Waals surface area contributed by atoms with E-state index >= 15 is 0 Å². The van der Waals surface area contributed by atoms with Crippen LogP contribution in [0.1, 0.15) is 12.8 Å². The molecule has 2 aromatic heterocycles. The predicted octanol–water partition coefficient (Wildman–Crippen LogP) is 1.18. The first-order valence-electron chi connectivity index (χ1n) is 10.9. The zero-order chi connectivity index (χ0) is 20.9. The molecule has 1 unspecified atom stereocenters. The van der Waals surface area contributed by atoms with Crippen molar-refractivity contribution < 1.29 is 5.11 Å². The molecule has 2 saturated heterocycles. The molecular weight excluding hydrogens is 378 g/mol. The molecule has 2 aliphatic rings. The summed E-state index contributed by atoms with van der Waals surface area (Å²) in [5, 5.41) is 10.3. The largest absolute Gasteiger partial charge is 0.390 e. The van der Waals surface area contributed by atoms with E-state index < -0.39 is 0 Å². The normalized spacial score (nSPS) is 18.9. The van der Waals surface area contributed by atoms with Crippen molar-refractivity contribution in [1.82, 2.24) is 24.8 Å². The third kappa shape index (κ3) is 5.06. The number of pyridine rings is 1. The quantitative estimate of drug-likeness (QED) is 0.728. The topological polar surface area (TPSA) is 71.9 Å². The van der Waals surface area contributed by atoms with Gasteiger partial charge in [-0.3, -0.25) is 9.88 Å². The molecule has 0 bridgehead atoms. The molecule has 1 N–H and O–H groups in total. The van der Waals surface area contributed by atoms with Gasteiger partial charge in [-0.25, -0.2) is 9.97 Å². The number of hydrogen-bond donors (Lipinski definition) is 1. The van der Waals surface area contributed by atoms with Crippen molar-refractivity contribution >= 4 is 11.6 Å². The molecule has 4 heterocycles. The van der Waals surface area contributed by atoms with E-state index in [0.717, 1.165) is 62.2 Å². The monoisotopic (exact) mass is 411 g/mol. The summed E-state index contributed by atoms with van der Waals surface area (Å²) in [5.41, 5.74) is 1.93. The van der Waals surface area contributed by atoms with Crippen molar-refractivity contribution in [2.45, 2.75) is 18.9 Å². The van der Waals surface area contributed by atoms with Crippen molar-refractivity contribution in [3.8, 4) is 11.3 Å². The van der Waals surface area contributed by atoms with Crippen molar-refractivity contribution in [1.29, 1.82) is 0 Å². The maximum absolute atomic E-state index is 10.3. The van der Waals surface area contributed by atoms with Crippen molar-refractivity contribution in [3.05, 3.63) is 30.7 Å². The maximum Gasteiger partial charge on any atom is 0.172 e. The highest BCUT2D eigenvalue weighted by molar-refractivity contribution is 5.68. The lowest BCUT2D eigenvalue weighted by molar-refractivity contribution is 0.0860. The molecule has 2 aromatic rings. The molecule has 0 aliphatic carbocycles. The highest BCUT2D eigenvalue weighted by Crippen LogP contribution is 2.31. The second-order valence-corrected chi connectivity index (χ2v) is 8.54. The Bertz CT molecular complexity index is 802. The maximum atomic E-state index is 10.3. The number of anilines is 2. The minimum Gasteiger partial charge on any atom is -0.390 e. The highest BCUT2D eigenvalue weighted by Gasteiger charge is 2.26. The lowest BCUT2D eigenvalue weighted by Gasteiger charge is -2.37. The summed E-state index contributed by atoms with van der Waals surface area (Å²) >= 11 is 0. The van der Waals surface area contributed by atoms with Gasteiger partial charge in [0.15, 0.2) is 11.6 Å². The van der Waals surface area contributed by atoms with Crippen LogP contribution < -0.4 is 9.80 Å². The van der Waals surface area contributed by atoms with E-state index in [0.29, 0.717) is 13.1 Å². The Hall–Kier alpha value is -2.29. The second kappa shape index (κ2) is 9.68. The van der Waals surface area contributed by atoms with Crippen LogP contribution in [-0.2, 0) is 0 Å². The number of nitrogens with zero attached hydrogens (tertiary/aromatic N) is 7. The molecule has 162 valence electrons. The number of piperazine rings is 1. The summed E-state index contributed by atoms with van der Waals surface area (Å²) in [5.74, 6) is 1.99. The number of aliphatic hydroxyl groups is 1. The number of likely N-dealkylation sites (N-methyl/N-ethyl adjacent to an activating group) is 1. The minimum atomic E-state index is -0.318. The van der Waals surface area contributed by atoms with Gasteiger partial charge in [-0.1, -0.05) is 0 Å². The van der Waals surface area contributed by atoms with Crippen molar-refractivity contribution in [3.63, 3.8) is 0 Å². The first-order chi connectivity index (χ1) is 14.6. The van der Waals surface area contributed by atoms with Gasteiger partial charge in [-0.15, -0.1) is 0 Å². The lowest BCUT2D eigenvalue weighted by atomic mass is 10.2. The second-order valence-electron chi connectivity index (χ2n) is 8.54. The fourth-order valence-corrected chi connectivity index (χ4v) is 4.32. The first-order valence-corrected chi connectivity index (χ1v) is 10.9. The molecule has 30 heavy (non-hydrogen) atoms. The summed E-state index contributed by atoms with van der Waals surface area (Å²) in [4.78, 5) is 23.1. The Balaban J connectivity index is 1.50. The summed E-state index contributed by atoms with van der Waals surface area (Å²) in [6, 6.07) is 3.96. The Kier molecular flexibility index (Phi) is 6.76. The predicted molar refractivity (Wildman–Crippen MR) is 120 cm³/mol. The molecular formula is C22H33N7O. The van der Waals surface area contributed by atoms with Gasteiger partial charge in [0.05, 0.1) is 18.0 Å². The fraction of sp³-hybridized carbons (Fsp3) is 0.591. The molecule has 0 amide bonds. The molecule has 2 aliphatic heterocycles. The molecule has 0 saturated carbocycles. The zero-order valence-electron chi connectivity index (χ0n) is 18.1. The molecule has 0 aromatic carbocycles. The van der Waals surface area contributed by atoms with Crippen LogP contribution in [0.2, 0.25) is 0 Å². The van der Waals surface area contributed by atoms with E-state index in [4.69, 9.17) is 9.97 Å². The standard InChI is InChI=1S/C22H33N7O/c1-26(2)16-19(30)17-27-11-13-29(14-12-27)22-21(28-9-3-4-10-28)24-15-20(25-22)18-5-7-23-8-6-18/h5-8,15,19,30H,3-4,9-14,16-17H2,1-2H3. The van der Waals surface area contributed by atoms with E-state index in [9.17, 15) is 5.11 Å².